The van der Waals surface area contributed by atoms with Gasteiger partial charge < -0.3 is 0 Å². The Morgan fingerprint density at radius 1 is 0.194 bits per heavy atom. The number of nitrogens with zero attached hydrogens (tertiary/aromatic N) is 11. The van der Waals surface area contributed by atoms with Gasteiger partial charge in [0.25, 0.3) is 0 Å². The molecular weight excluding hydrogens is 1200 g/mol. The first-order valence-electron chi connectivity index (χ1n) is 32.5. The number of fused-ring (bicyclic) bond motifs is 8. The first-order valence-corrected chi connectivity index (χ1v) is 32.5. The Labute approximate surface area is 564 Å². The standard InChI is InChI=1S/C44H29N5.C43H28N6/c1-28-25-37(36-22-20-32-21-23-38(29-11-4-2-5-12-29)47-42(32)43(36)46-28)44-48-39(30-13-6-3-7-14-30)27-40(49-44)34-17-8-16-33(26-34)35-19-9-15-31-18-10-24-45-41(31)35;1-27-25-36(35-22-20-30-21-23-37(28-11-4-2-5-12-28)46-39(30)40(35)45-27)43-48-41(31-13-6-3-7-14-31)47-42(49-43)33-17-8-16-32(26-33)34-19-9-15-29-18-10-24-44-38(29)34/h2-27H,1H3;2-26H,1H3. The van der Waals surface area contributed by atoms with Gasteiger partial charge in [0.1, 0.15) is 0 Å². The molecule has 11 heteroatoms. The van der Waals surface area contributed by atoms with Crippen molar-refractivity contribution < 1.29 is 0 Å². The summed E-state index contributed by atoms with van der Waals surface area (Å²) in [6.45, 7) is 4.02. The van der Waals surface area contributed by atoms with Crippen LogP contribution in [-0.4, -0.2) is 54.8 Å². The lowest BCUT2D eigenvalue weighted by atomic mass is 9.98. The summed E-state index contributed by atoms with van der Waals surface area (Å²) < 4.78 is 0. The van der Waals surface area contributed by atoms with Crippen LogP contribution in [0.2, 0.25) is 0 Å². The number of hydrogen-bond donors (Lipinski definition) is 0. The molecule has 460 valence electrons. The third-order valence-electron chi connectivity index (χ3n) is 17.8. The largest absolute Gasteiger partial charge is 0.256 e. The summed E-state index contributed by atoms with van der Waals surface area (Å²) in [5, 5.41) is 6.16. The van der Waals surface area contributed by atoms with Gasteiger partial charge in [0.2, 0.25) is 0 Å². The van der Waals surface area contributed by atoms with Gasteiger partial charge in [0.15, 0.2) is 23.3 Å². The fraction of sp³-hybridized carbons (Fsp3) is 0.0230. The van der Waals surface area contributed by atoms with E-state index in [1.54, 1.807) is 0 Å². The van der Waals surface area contributed by atoms with E-state index in [0.29, 0.717) is 23.3 Å². The van der Waals surface area contributed by atoms with Gasteiger partial charge in [-0.05, 0) is 79.6 Å². The minimum Gasteiger partial charge on any atom is -0.256 e. The highest BCUT2D eigenvalue weighted by atomic mass is 15.0. The molecule has 98 heavy (non-hydrogen) atoms. The van der Waals surface area contributed by atoms with Gasteiger partial charge >= 0.3 is 0 Å². The number of pyridine rings is 6. The Morgan fingerprint density at radius 3 is 1.07 bits per heavy atom. The molecule has 0 atom stereocenters. The van der Waals surface area contributed by atoms with Crippen molar-refractivity contribution in [2.45, 2.75) is 13.8 Å². The van der Waals surface area contributed by atoms with Crippen molar-refractivity contribution in [2.24, 2.45) is 0 Å². The summed E-state index contributed by atoms with van der Waals surface area (Å²) in [6, 6.07) is 101. The fourth-order valence-electron chi connectivity index (χ4n) is 13.1. The molecule has 18 rings (SSSR count). The predicted octanol–water partition coefficient (Wildman–Crippen LogP) is 20.9. The summed E-state index contributed by atoms with van der Waals surface area (Å²) >= 11 is 0. The van der Waals surface area contributed by atoms with E-state index in [9.17, 15) is 0 Å². The lowest BCUT2D eigenvalue weighted by Gasteiger charge is -2.13. The van der Waals surface area contributed by atoms with Crippen LogP contribution in [0.1, 0.15) is 11.4 Å². The van der Waals surface area contributed by atoms with Gasteiger partial charge in [0, 0.05) is 112 Å². The van der Waals surface area contributed by atoms with Crippen LogP contribution in [0, 0.1) is 13.8 Å². The van der Waals surface area contributed by atoms with Gasteiger partial charge in [-0.2, -0.15) is 0 Å². The monoisotopic (exact) mass is 1260 g/mol. The molecule has 0 spiro atoms. The molecule has 10 aromatic carbocycles. The van der Waals surface area contributed by atoms with Crippen LogP contribution in [0.3, 0.4) is 0 Å². The Kier molecular flexibility index (Phi) is 15.1. The second-order valence-electron chi connectivity index (χ2n) is 24.2. The van der Waals surface area contributed by atoms with Gasteiger partial charge in [-0.3, -0.25) is 19.9 Å². The second-order valence-corrected chi connectivity index (χ2v) is 24.2. The third-order valence-corrected chi connectivity index (χ3v) is 17.8. The van der Waals surface area contributed by atoms with Crippen LogP contribution >= 0.6 is 0 Å². The highest BCUT2D eigenvalue weighted by Gasteiger charge is 2.21. The molecule has 0 bridgehead atoms. The first kappa shape index (κ1) is 58.6. The van der Waals surface area contributed by atoms with E-state index in [2.05, 4.69) is 188 Å². The van der Waals surface area contributed by atoms with Crippen LogP contribution in [0.15, 0.2) is 310 Å². The average Bonchev–Trinajstić information content (AvgIpc) is 0.762. The minimum atomic E-state index is 0.579. The molecule has 0 saturated carbocycles. The van der Waals surface area contributed by atoms with E-state index in [-0.39, 0.29) is 0 Å². The highest BCUT2D eigenvalue weighted by molar-refractivity contribution is 6.10. The van der Waals surface area contributed by atoms with Gasteiger partial charge in [-0.1, -0.05) is 243 Å². The topological polar surface area (TPSA) is 142 Å². The predicted molar refractivity (Wildman–Crippen MR) is 397 cm³/mol. The number of benzene rings is 10. The number of hydrogen-bond acceptors (Lipinski definition) is 11. The summed E-state index contributed by atoms with van der Waals surface area (Å²) in [5.41, 5.74) is 22.6. The summed E-state index contributed by atoms with van der Waals surface area (Å²) in [5.74, 6) is 2.41. The molecule has 0 fully saturated rings. The van der Waals surface area contributed by atoms with Crippen molar-refractivity contribution in [1.82, 2.24) is 54.8 Å². The Bertz CT molecular complexity index is 5710. The first-order chi connectivity index (χ1) is 48.3. The zero-order valence-electron chi connectivity index (χ0n) is 53.4. The second kappa shape index (κ2) is 25.2. The van der Waals surface area contributed by atoms with Crippen molar-refractivity contribution in [3.8, 4) is 113 Å². The molecular formula is C87H57N11. The smallest absolute Gasteiger partial charge is 0.164 e. The number of aromatic nitrogens is 11. The molecule has 0 unspecified atom stereocenters. The molecule has 0 saturated heterocycles. The van der Waals surface area contributed by atoms with Gasteiger partial charge in [-0.15, -0.1) is 0 Å². The maximum Gasteiger partial charge on any atom is 0.164 e. The van der Waals surface area contributed by atoms with Crippen molar-refractivity contribution in [3.63, 3.8) is 0 Å². The third kappa shape index (κ3) is 11.3. The zero-order valence-corrected chi connectivity index (χ0v) is 53.4. The lowest BCUT2D eigenvalue weighted by Crippen LogP contribution is -2.02. The quantitative estimate of drug-likeness (QED) is 0.121. The van der Waals surface area contributed by atoms with Crippen molar-refractivity contribution in [1.29, 1.82) is 0 Å². The number of aryl methyl sites for hydroxylation is 2. The summed E-state index contributed by atoms with van der Waals surface area (Å²) in [7, 11) is 0. The molecule has 0 N–H and O–H groups in total. The van der Waals surface area contributed by atoms with E-state index in [1.165, 1.54) is 0 Å². The summed E-state index contributed by atoms with van der Waals surface area (Å²) in [6.07, 6.45) is 3.68. The van der Waals surface area contributed by atoms with E-state index in [0.717, 1.165) is 166 Å². The minimum absolute atomic E-state index is 0.579. The van der Waals surface area contributed by atoms with E-state index >= 15 is 0 Å². The molecule has 0 radical (unpaired) electrons. The van der Waals surface area contributed by atoms with Gasteiger partial charge in [-0.25, -0.2) is 34.9 Å². The molecule has 11 nitrogen and oxygen atoms in total. The van der Waals surface area contributed by atoms with Gasteiger partial charge in [0.05, 0.1) is 55.9 Å². The molecule has 0 amide bonds. The molecule has 0 aliphatic rings. The van der Waals surface area contributed by atoms with Crippen LogP contribution in [0.4, 0.5) is 0 Å². The van der Waals surface area contributed by atoms with E-state index in [4.69, 9.17) is 54.8 Å². The molecule has 8 heterocycles. The van der Waals surface area contributed by atoms with Crippen molar-refractivity contribution in [3.05, 3.63) is 321 Å². The van der Waals surface area contributed by atoms with Crippen molar-refractivity contribution >= 4 is 65.4 Å². The van der Waals surface area contributed by atoms with Crippen LogP contribution in [-0.2, 0) is 0 Å². The highest BCUT2D eigenvalue weighted by Crippen LogP contribution is 2.39. The Balaban J connectivity index is 0.000000147. The fourth-order valence-corrected chi connectivity index (χ4v) is 13.1. The molecule has 18 aromatic rings. The Morgan fingerprint density at radius 2 is 0.561 bits per heavy atom. The van der Waals surface area contributed by atoms with E-state index < -0.39 is 0 Å². The van der Waals surface area contributed by atoms with Crippen LogP contribution < -0.4 is 0 Å². The van der Waals surface area contributed by atoms with Crippen molar-refractivity contribution in [2.75, 3.05) is 0 Å². The molecule has 8 aromatic heterocycles. The molecule has 0 aliphatic heterocycles. The maximum absolute atomic E-state index is 5.26. The summed E-state index contributed by atoms with van der Waals surface area (Å²) in [4.78, 5) is 55.4. The normalized spacial score (nSPS) is 11.4. The Hall–Kier alpha value is -13.3. The number of para-hydroxylation sites is 2. The lowest BCUT2D eigenvalue weighted by molar-refractivity contribution is 1.07. The average molecular weight is 1260 g/mol. The maximum atomic E-state index is 5.26. The SMILES string of the molecule is Cc1cc(-c2nc(-c3ccccc3)cc(-c3cccc(-c4cccc5cccnc45)c3)n2)c2ccc3ccc(-c4ccccc4)nc3c2n1.Cc1cc(-c2nc(-c3ccccc3)nc(-c3cccc(-c4cccc5cccnc45)c3)n2)c2ccc3ccc(-c4ccccc4)nc3c2n1. The molecule has 0 aliphatic carbocycles. The van der Waals surface area contributed by atoms with E-state index in [1.807, 2.05) is 135 Å². The van der Waals surface area contributed by atoms with Crippen LogP contribution in [0.25, 0.3) is 178 Å². The van der Waals surface area contributed by atoms with Crippen LogP contribution in [0.5, 0.6) is 0 Å². The number of rotatable bonds is 10. The zero-order chi connectivity index (χ0) is 65.5.